The van der Waals surface area contributed by atoms with Gasteiger partial charge < -0.3 is 20.3 Å². The number of aryl methyl sites for hydroxylation is 1. The van der Waals surface area contributed by atoms with Crippen LogP contribution in [0.3, 0.4) is 0 Å². The second-order valence-electron chi connectivity index (χ2n) is 10.9. The van der Waals surface area contributed by atoms with Gasteiger partial charge in [-0.1, -0.05) is 57.0 Å². The molecule has 7 nitrogen and oxygen atoms in total. The number of carbonyl (C=O) groups excluding carboxylic acids is 3. The molecule has 0 saturated carbocycles. The maximum absolute atomic E-state index is 13.8. The molecule has 7 heteroatoms. The molecule has 3 atom stereocenters. The molecule has 1 aromatic rings. The van der Waals surface area contributed by atoms with Crippen molar-refractivity contribution in [2.45, 2.75) is 112 Å². The van der Waals surface area contributed by atoms with Gasteiger partial charge in [0.15, 0.2) is 0 Å². The van der Waals surface area contributed by atoms with Crippen molar-refractivity contribution >= 4 is 17.9 Å². The Bertz CT molecular complexity index is 832. The van der Waals surface area contributed by atoms with Gasteiger partial charge in [0.1, 0.15) is 17.7 Å². The van der Waals surface area contributed by atoms with Crippen LogP contribution in [0, 0.1) is 12.8 Å². The van der Waals surface area contributed by atoms with E-state index in [0.717, 1.165) is 36.8 Å². The van der Waals surface area contributed by atoms with E-state index in [4.69, 9.17) is 4.74 Å². The van der Waals surface area contributed by atoms with Crippen molar-refractivity contribution in [2.24, 2.45) is 5.92 Å². The van der Waals surface area contributed by atoms with E-state index in [0.29, 0.717) is 12.5 Å². The fourth-order valence-corrected chi connectivity index (χ4v) is 3.85. The SMILES string of the molecule is CCCCNC(=O)C(c1cccc(C)c1)N(C(=O)C(C)NC(=O)OC(C)(C)C)C(C)CCC(C)C. The highest BCUT2D eigenvalue weighted by molar-refractivity contribution is 5.92. The molecule has 1 aromatic carbocycles. The van der Waals surface area contributed by atoms with E-state index >= 15 is 0 Å². The molecule has 3 amide bonds. The number of alkyl carbamates (subject to hydrolysis) is 1. The van der Waals surface area contributed by atoms with Gasteiger partial charge in [-0.3, -0.25) is 9.59 Å². The largest absolute Gasteiger partial charge is 0.444 e. The summed E-state index contributed by atoms with van der Waals surface area (Å²) in [6, 6.07) is 5.84. The minimum atomic E-state index is -0.859. The van der Waals surface area contributed by atoms with Gasteiger partial charge in [-0.25, -0.2) is 4.79 Å². The zero-order chi connectivity index (χ0) is 26.8. The lowest BCUT2D eigenvalue weighted by atomic mass is 9.96. The second-order valence-corrected chi connectivity index (χ2v) is 10.9. The number of carbonyl (C=O) groups is 3. The Morgan fingerprint density at radius 1 is 1.06 bits per heavy atom. The van der Waals surface area contributed by atoms with Crippen LogP contribution in [0.2, 0.25) is 0 Å². The van der Waals surface area contributed by atoms with Crippen LogP contribution in [0.1, 0.15) is 98.2 Å². The average molecular weight is 490 g/mol. The van der Waals surface area contributed by atoms with Crippen molar-refractivity contribution in [3.8, 4) is 0 Å². The van der Waals surface area contributed by atoms with Gasteiger partial charge in [-0.05, 0) is 72.3 Å². The van der Waals surface area contributed by atoms with Crippen LogP contribution in [0.25, 0.3) is 0 Å². The maximum atomic E-state index is 13.8. The predicted molar refractivity (Wildman–Crippen MR) is 141 cm³/mol. The van der Waals surface area contributed by atoms with E-state index < -0.39 is 23.8 Å². The van der Waals surface area contributed by atoms with Crippen molar-refractivity contribution in [1.82, 2.24) is 15.5 Å². The number of amides is 3. The molecule has 1 rings (SSSR count). The van der Waals surface area contributed by atoms with Gasteiger partial charge in [0.25, 0.3) is 0 Å². The van der Waals surface area contributed by atoms with Crippen molar-refractivity contribution in [1.29, 1.82) is 0 Å². The summed E-state index contributed by atoms with van der Waals surface area (Å²) in [7, 11) is 0. The molecule has 0 radical (unpaired) electrons. The Kier molecular flexibility index (Phi) is 12.3. The van der Waals surface area contributed by atoms with E-state index in [-0.39, 0.29) is 17.9 Å². The fraction of sp³-hybridized carbons (Fsp3) is 0.679. The molecule has 35 heavy (non-hydrogen) atoms. The summed E-state index contributed by atoms with van der Waals surface area (Å²) < 4.78 is 5.35. The quantitative estimate of drug-likeness (QED) is 0.379. The smallest absolute Gasteiger partial charge is 0.408 e. The number of unbranched alkanes of at least 4 members (excludes halogenated alkanes) is 1. The van der Waals surface area contributed by atoms with Crippen molar-refractivity contribution < 1.29 is 19.1 Å². The molecule has 2 N–H and O–H groups in total. The van der Waals surface area contributed by atoms with Crippen LogP contribution in [-0.4, -0.2) is 47.0 Å². The Balaban J connectivity index is 3.39. The van der Waals surface area contributed by atoms with Crippen molar-refractivity contribution in [2.75, 3.05) is 6.54 Å². The molecule has 0 aliphatic heterocycles. The average Bonchev–Trinajstić information content (AvgIpc) is 2.73. The molecule has 0 heterocycles. The number of ether oxygens (including phenoxy) is 1. The van der Waals surface area contributed by atoms with E-state index in [1.54, 1.807) is 32.6 Å². The molecule has 0 fully saturated rings. The number of hydrogen-bond acceptors (Lipinski definition) is 4. The van der Waals surface area contributed by atoms with Gasteiger partial charge in [-0.15, -0.1) is 0 Å². The highest BCUT2D eigenvalue weighted by Crippen LogP contribution is 2.28. The summed E-state index contributed by atoms with van der Waals surface area (Å²) in [6.07, 6.45) is 2.82. The van der Waals surface area contributed by atoms with Crippen LogP contribution in [0.5, 0.6) is 0 Å². The first kappa shape index (κ1) is 30.5. The number of rotatable bonds is 12. The Hall–Kier alpha value is -2.57. The molecule has 0 bridgehead atoms. The number of hydrogen-bond donors (Lipinski definition) is 2. The Morgan fingerprint density at radius 3 is 2.26 bits per heavy atom. The van der Waals surface area contributed by atoms with Crippen LogP contribution in [0.4, 0.5) is 4.79 Å². The summed E-state index contributed by atoms with van der Waals surface area (Å²) in [6.45, 7) is 17.8. The van der Waals surface area contributed by atoms with E-state index in [1.165, 1.54) is 0 Å². The highest BCUT2D eigenvalue weighted by atomic mass is 16.6. The van der Waals surface area contributed by atoms with Crippen LogP contribution >= 0.6 is 0 Å². The minimum Gasteiger partial charge on any atom is -0.444 e. The van der Waals surface area contributed by atoms with Crippen LogP contribution in [-0.2, 0) is 14.3 Å². The summed E-state index contributed by atoms with van der Waals surface area (Å²) in [5.74, 6) is -0.0648. The standard InChI is InChI=1S/C28H47N3O4/c1-10-11-17-29-25(32)24(23-14-12-13-20(4)18-23)31(21(5)16-15-19(2)3)26(33)22(6)30-27(34)35-28(7,8)9/h12-14,18-19,21-22,24H,10-11,15-17H2,1-9H3,(H,29,32)(H,30,34). The first-order chi connectivity index (χ1) is 16.3. The molecular formula is C28H47N3O4. The highest BCUT2D eigenvalue weighted by Gasteiger charge is 2.37. The molecule has 0 spiro atoms. The third kappa shape index (κ3) is 10.7. The summed E-state index contributed by atoms with van der Waals surface area (Å²) in [4.78, 5) is 41.4. The molecule has 0 aliphatic carbocycles. The fourth-order valence-electron chi connectivity index (χ4n) is 3.85. The lowest BCUT2D eigenvalue weighted by Gasteiger charge is -2.38. The lowest BCUT2D eigenvalue weighted by molar-refractivity contribution is -0.144. The Morgan fingerprint density at radius 2 is 1.71 bits per heavy atom. The first-order valence-electron chi connectivity index (χ1n) is 12.9. The third-order valence-electron chi connectivity index (χ3n) is 5.71. The Labute approximate surface area is 212 Å². The van der Waals surface area contributed by atoms with Crippen molar-refractivity contribution in [3.63, 3.8) is 0 Å². The minimum absolute atomic E-state index is 0.210. The topological polar surface area (TPSA) is 87.7 Å². The second kappa shape index (κ2) is 14.1. The molecule has 0 aromatic heterocycles. The van der Waals surface area contributed by atoms with Gasteiger partial charge >= 0.3 is 6.09 Å². The van der Waals surface area contributed by atoms with Gasteiger partial charge in [0, 0.05) is 12.6 Å². The van der Waals surface area contributed by atoms with Gasteiger partial charge in [-0.2, -0.15) is 0 Å². The zero-order valence-electron chi connectivity index (χ0n) is 23.2. The first-order valence-corrected chi connectivity index (χ1v) is 12.9. The zero-order valence-corrected chi connectivity index (χ0v) is 23.2. The summed E-state index contributed by atoms with van der Waals surface area (Å²) >= 11 is 0. The monoisotopic (exact) mass is 489 g/mol. The van der Waals surface area contributed by atoms with Crippen molar-refractivity contribution in [3.05, 3.63) is 35.4 Å². The lowest BCUT2D eigenvalue weighted by Crippen LogP contribution is -2.54. The normalized spacial score (nSPS) is 14.1. The maximum Gasteiger partial charge on any atom is 0.408 e. The predicted octanol–water partition coefficient (Wildman–Crippen LogP) is 5.52. The number of benzene rings is 1. The molecule has 3 unspecified atom stereocenters. The molecule has 0 saturated heterocycles. The number of nitrogens with zero attached hydrogens (tertiary/aromatic N) is 1. The third-order valence-corrected chi connectivity index (χ3v) is 5.71. The number of nitrogens with one attached hydrogen (secondary N) is 2. The van der Waals surface area contributed by atoms with Gasteiger partial charge in [0.05, 0.1) is 0 Å². The van der Waals surface area contributed by atoms with Crippen LogP contribution < -0.4 is 10.6 Å². The summed E-state index contributed by atoms with van der Waals surface area (Å²) in [5, 5.41) is 5.68. The molecule has 198 valence electrons. The van der Waals surface area contributed by atoms with Crippen LogP contribution in [0.15, 0.2) is 24.3 Å². The van der Waals surface area contributed by atoms with E-state index in [1.807, 2.05) is 38.1 Å². The molecular weight excluding hydrogens is 442 g/mol. The van der Waals surface area contributed by atoms with Gasteiger partial charge in [0.2, 0.25) is 11.8 Å². The van der Waals surface area contributed by atoms with E-state index in [2.05, 4.69) is 31.4 Å². The molecule has 0 aliphatic rings. The summed E-state index contributed by atoms with van der Waals surface area (Å²) in [5.41, 5.74) is 1.09. The van der Waals surface area contributed by atoms with E-state index in [9.17, 15) is 14.4 Å².